The number of thiophene rings is 1. The number of fused-ring (bicyclic) bond motifs is 1. The summed E-state index contributed by atoms with van der Waals surface area (Å²) in [7, 11) is -3.27. The number of rotatable bonds is 3. The van der Waals surface area contributed by atoms with Gasteiger partial charge in [0.15, 0.2) is 0 Å². The van der Waals surface area contributed by atoms with Crippen LogP contribution in [0.2, 0.25) is 0 Å². The lowest BCUT2D eigenvalue weighted by atomic mass is 10.1. The van der Waals surface area contributed by atoms with Gasteiger partial charge in [-0.1, -0.05) is 12.1 Å². The van der Waals surface area contributed by atoms with Crippen LogP contribution in [0, 0.1) is 0 Å². The first-order valence-electron chi connectivity index (χ1n) is 6.24. The lowest BCUT2D eigenvalue weighted by Gasteiger charge is -2.07. The van der Waals surface area contributed by atoms with Crippen LogP contribution < -0.4 is 10.5 Å². The zero-order valence-electron chi connectivity index (χ0n) is 11.5. The quantitative estimate of drug-likeness (QED) is 0.705. The fraction of sp³-hybridized carbons (Fsp3) is 0.0714. The fourth-order valence-electron chi connectivity index (χ4n) is 2.17. The maximum Gasteiger partial charge on any atom is 0.229 e. The molecule has 0 bridgehead atoms. The molecule has 0 radical (unpaired) electrons. The highest BCUT2D eigenvalue weighted by Crippen LogP contribution is 2.39. The Hall–Kier alpha value is -1.64. The van der Waals surface area contributed by atoms with Gasteiger partial charge in [0.2, 0.25) is 10.0 Å². The van der Waals surface area contributed by atoms with Gasteiger partial charge in [0, 0.05) is 37.4 Å². The van der Waals surface area contributed by atoms with Gasteiger partial charge >= 0.3 is 0 Å². The molecule has 0 amide bonds. The van der Waals surface area contributed by atoms with Gasteiger partial charge in [-0.15, -0.1) is 11.3 Å². The first-order chi connectivity index (χ1) is 10.3. The van der Waals surface area contributed by atoms with E-state index in [9.17, 15) is 8.42 Å². The molecule has 0 aliphatic heterocycles. The van der Waals surface area contributed by atoms with E-state index >= 15 is 0 Å². The molecule has 0 spiro atoms. The maximum atomic E-state index is 11.2. The number of anilines is 2. The molecular formula is C14H12BrN3O2S2. The van der Waals surface area contributed by atoms with Crippen LogP contribution >= 0.6 is 27.3 Å². The van der Waals surface area contributed by atoms with E-state index < -0.39 is 10.0 Å². The molecule has 0 aliphatic carbocycles. The molecule has 5 nitrogen and oxygen atoms in total. The van der Waals surface area contributed by atoms with E-state index in [1.165, 1.54) is 0 Å². The zero-order valence-corrected chi connectivity index (χ0v) is 14.7. The highest BCUT2D eigenvalue weighted by molar-refractivity contribution is 9.10. The lowest BCUT2D eigenvalue weighted by molar-refractivity contribution is 0.607. The number of aromatic nitrogens is 1. The number of benzene rings is 1. The largest absolute Gasteiger partial charge is 0.383 e. The molecule has 3 N–H and O–H groups in total. The van der Waals surface area contributed by atoms with Crippen molar-refractivity contribution in [3.05, 3.63) is 40.3 Å². The van der Waals surface area contributed by atoms with Crippen LogP contribution in [0.5, 0.6) is 0 Å². The third-order valence-corrected chi connectivity index (χ3v) is 5.63. The summed E-state index contributed by atoms with van der Waals surface area (Å²) in [6.45, 7) is 0. The minimum absolute atomic E-state index is 0.488. The molecule has 0 saturated heterocycles. The van der Waals surface area contributed by atoms with E-state index in [1.807, 2.05) is 17.5 Å². The van der Waals surface area contributed by atoms with Crippen molar-refractivity contribution >= 4 is 58.9 Å². The van der Waals surface area contributed by atoms with Gasteiger partial charge in [-0.05, 0) is 33.6 Å². The summed E-state index contributed by atoms with van der Waals surface area (Å²) in [5, 5.41) is 2.88. The molecule has 8 heteroatoms. The molecule has 0 unspecified atom stereocenters. The summed E-state index contributed by atoms with van der Waals surface area (Å²) in [6.07, 6.45) is 2.86. The second-order valence-corrected chi connectivity index (χ2v) is 8.28. The van der Waals surface area contributed by atoms with Crippen molar-refractivity contribution in [1.82, 2.24) is 4.98 Å². The van der Waals surface area contributed by atoms with Crippen LogP contribution in [0.25, 0.3) is 21.2 Å². The van der Waals surface area contributed by atoms with Crippen molar-refractivity contribution in [2.24, 2.45) is 0 Å². The minimum atomic E-state index is -3.27. The highest BCUT2D eigenvalue weighted by Gasteiger charge is 2.12. The molecule has 0 aliphatic rings. The second-order valence-electron chi connectivity index (χ2n) is 4.80. The first-order valence-corrected chi connectivity index (χ1v) is 9.81. The van der Waals surface area contributed by atoms with E-state index in [0.29, 0.717) is 11.5 Å². The van der Waals surface area contributed by atoms with E-state index in [2.05, 4.69) is 25.6 Å². The topological polar surface area (TPSA) is 85.1 Å². The number of nitrogen functional groups attached to an aromatic ring is 1. The van der Waals surface area contributed by atoms with E-state index in [1.54, 1.807) is 29.7 Å². The summed E-state index contributed by atoms with van der Waals surface area (Å²) in [6, 6.07) is 7.16. The molecule has 3 rings (SSSR count). The van der Waals surface area contributed by atoms with Gasteiger partial charge in [0.25, 0.3) is 0 Å². The second kappa shape index (κ2) is 5.53. The van der Waals surface area contributed by atoms with Gasteiger partial charge in [-0.2, -0.15) is 0 Å². The summed E-state index contributed by atoms with van der Waals surface area (Å²) >= 11 is 5.07. The summed E-state index contributed by atoms with van der Waals surface area (Å²) in [5.74, 6) is 0.488. The van der Waals surface area contributed by atoms with E-state index in [4.69, 9.17) is 5.73 Å². The van der Waals surface area contributed by atoms with Crippen molar-refractivity contribution in [1.29, 1.82) is 0 Å². The number of nitrogens with zero attached hydrogens (tertiary/aromatic N) is 1. The minimum Gasteiger partial charge on any atom is -0.383 e. The van der Waals surface area contributed by atoms with Gasteiger partial charge in [0.1, 0.15) is 5.82 Å². The zero-order chi connectivity index (χ0) is 15.9. The highest BCUT2D eigenvalue weighted by atomic mass is 79.9. The Morgan fingerprint density at radius 3 is 2.59 bits per heavy atom. The Morgan fingerprint density at radius 1 is 1.27 bits per heavy atom. The van der Waals surface area contributed by atoms with Crippen LogP contribution in [0.1, 0.15) is 0 Å². The standard InChI is InChI=1S/C14H12BrN3O2S2/c1-22(19,20)18-9-4-2-8(3-5-9)10-6-17-14(16)12-11(15)7-21-13(10)12/h2-7,18H,1H3,(H2,16,17). The summed E-state index contributed by atoms with van der Waals surface area (Å²) < 4.78 is 26.9. The monoisotopic (exact) mass is 397 g/mol. The van der Waals surface area contributed by atoms with Gasteiger partial charge in [-0.25, -0.2) is 13.4 Å². The van der Waals surface area contributed by atoms with Gasteiger partial charge in [0.05, 0.1) is 6.26 Å². The predicted molar refractivity (Wildman–Crippen MR) is 95.6 cm³/mol. The van der Waals surface area contributed by atoms with Crippen LogP contribution in [-0.4, -0.2) is 19.7 Å². The average molecular weight is 398 g/mol. The third kappa shape index (κ3) is 2.94. The van der Waals surface area contributed by atoms with Crippen molar-refractivity contribution in [2.75, 3.05) is 16.7 Å². The third-order valence-electron chi connectivity index (χ3n) is 3.08. The lowest BCUT2D eigenvalue weighted by Crippen LogP contribution is -2.09. The summed E-state index contributed by atoms with van der Waals surface area (Å²) in [5.41, 5.74) is 8.37. The molecule has 1 aromatic carbocycles. The maximum absolute atomic E-state index is 11.2. The van der Waals surface area contributed by atoms with Crippen LogP contribution in [0.3, 0.4) is 0 Å². The Labute approximate surface area is 140 Å². The summed E-state index contributed by atoms with van der Waals surface area (Å²) in [4.78, 5) is 4.24. The molecule has 2 aromatic heterocycles. The van der Waals surface area contributed by atoms with Crippen LogP contribution in [0.15, 0.2) is 40.3 Å². The molecule has 0 atom stereocenters. The molecular weight excluding hydrogens is 386 g/mol. The SMILES string of the molecule is CS(=O)(=O)Nc1ccc(-c2cnc(N)c3c(Br)csc23)cc1. The van der Waals surface area contributed by atoms with Crippen LogP contribution in [-0.2, 0) is 10.0 Å². The van der Waals surface area contributed by atoms with Crippen molar-refractivity contribution in [3.63, 3.8) is 0 Å². The van der Waals surface area contributed by atoms with Crippen molar-refractivity contribution in [3.8, 4) is 11.1 Å². The normalized spacial score (nSPS) is 11.7. The van der Waals surface area contributed by atoms with E-state index in [-0.39, 0.29) is 0 Å². The molecule has 2 heterocycles. The number of halogens is 1. The van der Waals surface area contributed by atoms with Crippen LogP contribution in [0.4, 0.5) is 11.5 Å². The average Bonchev–Trinajstić information content (AvgIpc) is 2.82. The Morgan fingerprint density at radius 2 is 1.95 bits per heavy atom. The van der Waals surface area contributed by atoms with Crippen molar-refractivity contribution in [2.45, 2.75) is 0 Å². The van der Waals surface area contributed by atoms with Crippen molar-refractivity contribution < 1.29 is 8.42 Å². The van der Waals surface area contributed by atoms with Gasteiger partial charge < -0.3 is 5.73 Å². The molecule has 0 saturated carbocycles. The Balaban J connectivity index is 2.07. The molecule has 22 heavy (non-hydrogen) atoms. The number of nitrogens with one attached hydrogen (secondary N) is 1. The van der Waals surface area contributed by atoms with Gasteiger partial charge in [-0.3, -0.25) is 4.72 Å². The molecule has 3 aromatic rings. The smallest absolute Gasteiger partial charge is 0.229 e. The Bertz CT molecular complexity index is 950. The predicted octanol–water partition coefficient (Wildman–Crippen LogP) is 3.68. The molecule has 0 fully saturated rings. The number of hydrogen-bond acceptors (Lipinski definition) is 5. The number of nitrogens with two attached hydrogens (primary N) is 1. The molecule has 114 valence electrons. The number of sulfonamides is 1. The van der Waals surface area contributed by atoms with E-state index in [0.717, 1.165) is 31.9 Å². The number of pyridine rings is 1. The number of hydrogen-bond donors (Lipinski definition) is 2. The Kier molecular flexibility index (Phi) is 3.84. The first kappa shape index (κ1) is 15.3. The fourth-order valence-corrected chi connectivity index (χ4v) is 4.51.